The quantitative estimate of drug-likeness (QED) is 0.943. The fraction of sp³-hybridized carbons (Fsp3) is 0.273. The van der Waals surface area contributed by atoms with Crippen molar-refractivity contribution in [2.75, 3.05) is 6.54 Å². The molecule has 16 heavy (non-hydrogen) atoms. The third kappa shape index (κ3) is 2.66. The first kappa shape index (κ1) is 11.7. The Labute approximate surface area is 107 Å². The maximum atomic E-state index is 4.06. The van der Waals surface area contributed by atoms with Crippen molar-refractivity contribution in [1.29, 1.82) is 0 Å². The van der Waals surface area contributed by atoms with Gasteiger partial charge in [0.05, 0.1) is 6.04 Å². The lowest BCUT2D eigenvalue weighted by Crippen LogP contribution is -2.21. The minimum absolute atomic E-state index is 0.183. The van der Waals surface area contributed by atoms with Crippen molar-refractivity contribution in [2.24, 2.45) is 0 Å². The first-order valence-corrected chi connectivity index (χ1v) is 6.70. The molecule has 5 heteroatoms. The lowest BCUT2D eigenvalue weighted by atomic mass is 10.1. The molecular formula is C11H12BrN3S. The number of rotatable bonds is 4. The Morgan fingerprint density at radius 1 is 1.44 bits per heavy atom. The predicted molar refractivity (Wildman–Crippen MR) is 69.6 cm³/mol. The maximum Gasteiger partial charge on any atom is 0.115 e. The Morgan fingerprint density at radius 3 is 2.75 bits per heavy atom. The van der Waals surface area contributed by atoms with Crippen LogP contribution in [0.1, 0.15) is 23.4 Å². The number of thiophene rings is 1. The summed E-state index contributed by atoms with van der Waals surface area (Å²) in [4.78, 5) is 9.39. The number of halogens is 1. The lowest BCUT2D eigenvalue weighted by Gasteiger charge is -2.15. The van der Waals surface area contributed by atoms with E-state index in [0.29, 0.717) is 0 Å². The van der Waals surface area contributed by atoms with Gasteiger partial charge in [-0.3, -0.25) is 0 Å². The molecule has 1 unspecified atom stereocenters. The predicted octanol–water partition coefficient (Wildman–Crippen LogP) is 3.00. The van der Waals surface area contributed by atoms with Crippen molar-refractivity contribution in [1.82, 2.24) is 15.3 Å². The second-order valence-electron chi connectivity index (χ2n) is 3.33. The van der Waals surface area contributed by atoms with Crippen LogP contribution in [0.2, 0.25) is 0 Å². The van der Waals surface area contributed by atoms with Crippen LogP contribution in [0.3, 0.4) is 0 Å². The van der Waals surface area contributed by atoms with Crippen LogP contribution in [-0.2, 0) is 0 Å². The molecule has 3 nitrogen and oxygen atoms in total. The molecule has 1 N–H and O–H groups in total. The summed E-state index contributed by atoms with van der Waals surface area (Å²) in [6.07, 6.45) is 5.26. The molecule has 2 aromatic rings. The molecule has 0 aliphatic rings. The summed E-state index contributed by atoms with van der Waals surface area (Å²) in [6.45, 7) is 3.01. The van der Waals surface area contributed by atoms with Crippen molar-refractivity contribution in [3.63, 3.8) is 0 Å². The highest BCUT2D eigenvalue weighted by Gasteiger charge is 2.15. The molecule has 0 aliphatic heterocycles. The zero-order chi connectivity index (χ0) is 11.4. The second-order valence-corrected chi connectivity index (χ2v) is 5.19. The first-order valence-electron chi connectivity index (χ1n) is 5.03. The fourth-order valence-corrected chi connectivity index (χ4v) is 3.07. The van der Waals surface area contributed by atoms with Gasteiger partial charge in [-0.05, 0) is 28.5 Å². The van der Waals surface area contributed by atoms with Gasteiger partial charge in [-0.1, -0.05) is 6.92 Å². The van der Waals surface area contributed by atoms with Gasteiger partial charge in [0, 0.05) is 32.7 Å². The van der Waals surface area contributed by atoms with E-state index in [1.807, 2.05) is 12.4 Å². The molecule has 0 saturated heterocycles. The van der Waals surface area contributed by atoms with Gasteiger partial charge < -0.3 is 5.32 Å². The molecule has 0 bridgehead atoms. The molecule has 0 amide bonds. The number of nitrogens with zero attached hydrogens (tertiary/aromatic N) is 2. The standard InChI is InChI=1S/C11H12BrN3S/c1-2-15-11(8-4-13-7-14-5-8)10-3-9(12)6-16-10/h3-7,11,15H,2H2,1H3. The van der Waals surface area contributed by atoms with Gasteiger partial charge >= 0.3 is 0 Å². The smallest absolute Gasteiger partial charge is 0.115 e. The topological polar surface area (TPSA) is 37.8 Å². The van der Waals surface area contributed by atoms with Gasteiger partial charge in [0.15, 0.2) is 0 Å². The van der Waals surface area contributed by atoms with Crippen molar-refractivity contribution in [2.45, 2.75) is 13.0 Å². The normalized spacial score (nSPS) is 12.6. The van der Waals surface area contributed by atoms with Crippen LogP contribution >= 0.6 is 27.3 Å². The molecule has 0 fully saturated rings. The minimum Gasteiger partial charge on any atom is -0.306 e. The van der Waals surface area contributed by atoms with E-state index in [0.717, 1.165) is 16.6 Å². The summed E-state index contributed by atoms with van der Waals surface area (Å²) in [5.74, 6) is 0. The summed E-state index contributed by atoms with van der Waals surface area (Å²) < 4.78 is 1.12. The van der Waals surface area contributed by atoms with Gasteiger partial charge in [-0.15, -0.1) is 11.3 Å². The number of hydrogen-bond donors (Lipinski definition) is 1. The molecular weight excluding hydrogens is 286 g/mol. The van der Waals surface area contributed by atoms with Gasteiger partial charge in [0.25, 0.3) is 0 Å². The summed E-state index contributed by atoms with van der Waals surface area (Å²) in [6, 6.07) is 2.31. The molecule has 0 aliphatic carbocycles. The van der Waals surface area contributed by atoms with Crippen LogP contribution in [0.4, 0.5) is 0 Å². The van der Waals surface area contributed by atoms with Crippen molar-refractivity contribution < 1.29 is 0 Å². The average molecular weight is 298 g/mol. The van der Waals surface area contributed by atoms with E-state index in [9.17, 15) is 0 Å². The zero-order valence-electron chi connectivity index (χ0n) is 8.85. The van der Waals surface area contributed by atoms with Crippen LogP contribution in [0.5, 0.6) is 0 Å². The number of hydrogen-bond acceptors (Lipinski definition) is 4. The van der Waals surface area contributed by atoms with E-state index in [1.165, 1.54) is 4.88 Å². The van der Waals surface area contributed by atoms with Gasteiger partial charge in [0.1, 0.15) is 6.33 Å². The lowest BCUT2D eigenvalue weighted by molar-refractivity contribution is 0.635. The van der Waals surface area contributed by atoms with Crippen LogP contribution in [-0.4, -0.2) is 16.5 Å². The average Bonchev–Trinajstić information content (AvgIpc) is 2.74. The summed E-state index contributed by atoms with van der Waals surface area (Å²) >= 11 is 5.20. The number of aromatic nitrogens is 2. The van der Waals surface area contributed by atoms with E-state index >= 15 is 0 Å². The molecule has 2 aromatic heterocycles. The first-order chi connectivity index (χ1) is 7.81. The Balaban J connectivity index is 2.31. The third-order valence-corrected chi connectivity index (χ3v) is 3.95. The highest BCUT2D eigenvalue weighted by atomic mass is 79.9. The van der Waals surface area contributed by atoms with E-state index in [4.69, 9.17) is 0 Å². The largest absolute Gasteiger partial charge is 0.306 e. The highest BCUT2D eigenvalue weighted by molar-refractivity contribution is 9.10. The summed E-state index contributed by atoms with van der Waals surface area (Å²) in [5, 5.41) is 5.52. The third-order valence-electron chi connectivity index (χ3n) is 2.19. The van der Waals surface area contributed by atoms with Crippen molar-refractivity contribution in [3.8, 4) is 0 Å². The van der Waals surface area contributed by atoms with E-state index in [2.05, 4.69) is 49.6 Å². The van der Waals surface area contributed by atoms with Gasteiger partial charge in [-0.2, -0.15) is 0 Å². The Morgan fingerprint density at radius 2 is 2.19 bits per heavy atom. The zero-order valence-corrected chi connectivity index (χ0v) is 11.3. The molecule has 2 heterocycles. The molecule has 0 spiro atoms. The fourth-order valence-electron chi connectivity index (χ4n) is 1.53. The van der Waals surface area contributed by atoms with Gasteiger partial charge in [0.2, 0.25) is 0 Å². The Hall–Kier alpha value is -0.780. The molecule has 1 atom stereocenters. The van der Waals surface area contributed by atoms with Crippen molar-refractivity contribution in [3.05, 3.63) is 45.1 Å². The summed E-state index contributed by atoms with van der Waals surface area (Å²) in [7, 11) is 0. The molecule has 0 saturated carbocycles. The van der Waals surface area contributed by atoms with Crippen LogP contribution < -0.4 is 5.32 Å². The van der Waals surface area contributed by atoms with E-state index < -0.39 is 0 Å². The van der Waals surface area contributed by atoms with Crippen LogP contribution in [0.25, 0.3) is 0 Å². The monoisotopic (exact) mass is 297 g/mol. The molecule has 0 aromatic carbocycles. The molecule has 0 radical (unpaired) electrons. The van der Waals surface area contributed by atoms with Crippen molar-refractivity contribution >= 4 is 27.3 Å². The highest BCUT2D eigenvalue weighted by Crippen LogP contribution is 2.29. The van der Waals surface area contributed by atoms with E-state index in [-0.39, 0.29) is 6.04 Å². The van der Waals surface area contributed by atoms with Gasteiger partial charge in [-0.25, -0.2) is 9.97 Å². The SMILES string of the molecule is CCNC(c1cncnc1)c1cc(Br)cs1. The van der Waals surface area contributed by atoms with E-state index in [1.54, 1.807) is 17.7 Å². The molecule has 2 rings (SSSR count). The Bertz CT molecular complexity index is 444. The number of nitrogens with one attached hydrogen (secondary N) is 1. The summed E-state index contributed by atoms with van der Waals surface area (Å²) in [5.41, 5.74) is 1.10. The maximum absolute atomic E-state index is 4.06. The Kier molecular flexibility index (Phi) is 4.04. The minimum atomic E-state index is 0.183. The molecule has 84 valence electrons. The second kappa shape index (κ2) is 5.52. The van der Waals surface area contributed by atoms with Crippen LogP contribution in [0.15, 0.2) is 34.6 Å². The van der Waals surface area contributed by atoms with Crippen LogP contribution in [0, 0.1) is 0 Å².